The molecule has 0 saturated heterocycles. The van der Waals surface area contributed by atoms with Crippen molar-refractivity contribution in [2.24, 2.45) is 0 Å². The van der Waals surface area contributed by atoms with Gasteiger partial charge in [0, 0.05) is 16.9 Å². The quantitative estimate of drug-likeness (QED) is 0.760. The number of aromatic nitrogens is 2. The van der Waals surface area contributed by atoms with Crippen LogP contribution >= 0.6 is 10.7 Å². The molecule has 0 aromatic carbocycles. The fraction of sp³-hybridized carbons (Fsp3) is 0.500. The third-order valence-electron chi connectivity index (χ3n) is 2.02. The number of rotatable bonds is 3. The summed E-state index contributed by atoms with van der Waals surface area (Å²) in [5.41, 5.74) is 0. The highest BCUT2D eigenvalue weighted by atomic mass is 35.7. The summed E-state index contributed by atoms with van der Waals surface area (Å²) in [6, 6.07) is 1.65. The standard InChI is InChI=1S/C8H10ClN3O2S/c1-3-7(4-10)12-5-8(11-6(12)2)15(9,13)14/h5,7H,3H2,1-2H3. The summed E-state index contributed by atoms with van der Waals surface area (Å²) in [5, 5.41) is 8.62. The maximum absolute atomic E-state index is 11.0. The Morgan fingerprint density at radius 1 is 1.73 bits per heavy atom. The van der Waals surface area contributed by atoms with Gasteiger partial charge in [0.1, 0.15) is 11.9 Å². The Morgan fingerprint density at radius 3 is 2.67 bits per heavy atom. The maximum Gasteiger partial charge on any atom is 0.280 e. The van der Waals surface area contributed by atoms with Crippen LogP contribution in [-0.4, -0.2) is 18.0 Å². The van der Waals surface area contributed by atoms with E-state index in [0.29, 0.717) is 12.2 Å². The molecule has 1 rings (SSSR count). The molecule has 0 amide bonds. The van der Waals surface area contributed by atoms with Gasteiger partial charge in [0.25, 0.3) is 9.05 Å². The maximum atomic E-state index is 11.0. The smallest absolute Gasteiger partial charge is 0.280 e. The van der Waals surface area contributed by atoms with Crippen LogP contribution in [0.2, 0.25) is 0 Å². The lowest BCUT2D eigenvalue weighted by Crippen LogP contribution is -2.06. The van der Waals surface area contributed by atoms with Gasteiger partial charge in [0.2, 0.25) is 0 Å². The van der Waals surface area contributed by atoms with E-state index in [-0.39, 0.29) is 5.03 Å². The molecule has 15 heavy (non-hydrogen) atoms. The molecule has 0 N–H and O–H groups in total. The second-order valence-corrected chi connectivity index (χ2v) is 5.54. The van der Waals surface area contributed by atoms with Crippen molar-refractivity contribution < 1.29 is 8.42 Å². The predicted molar refractivity (Wildman–Crippen MR) is 54.9 cm³/mol. The molecular formula is C8H10ClN3O2S. The van der Waals surface area contributed by atoms with Gasteiger partial charge >= 0.3 is 0 Å². The van der Waals surface area contributed by atoms with Gasteiger partial charge in [0.15, 0.2) is 5.03 Å². The van der Waals surface area contributed by atoms with Crippen molar-refractivity contribution in [3.8, 4) is 6.07 Å². The Morgan fingerprint density at radius 2 is 2.33 bits per heavy atom. The molecule has 7 heteroatoms. The van der Waals surface area contributed by atoms with Gasteiger partial charge in [-0.05, 0) is 13.3 Å². The van der Waals surface area contributed by atoms with Crippen molar-refractivity contribution in [3.63, 3.8) is 0 Å². The molecular weight excluding hydrogens is 238 g/mol. The molecule has 1 unspecified atom stereocenters. The van der Waals surface area contributed by atoms with E-state index in [1.165, 1.54) is 10.8 Å². The van der Waals surface area contributed by atoms with Crippen molar-refractivity contribution in [2.75, 3.05) is 0 Å². The number of hydrogen-bond donors (Lipinski definition) is 0. The minimum absolute atomic E-state index is 0.213. The minimum atomic E-state index is -3.82. The topological polar surface area (TPSA) is 75.8 Å². The van der Waals surface area contributed by atoms with Gasteiger partial charge in [-0.15, -0.1) is 0 Å². The first-order chi connectivity index (χ1) is 6.90. The van der Waals surface area contributed by atoms with Crippen molar-refractivity contribution in [2.45, 2.75) is 31.3 Å². The predicted octanol–water partition coefficient (Wildman–Crippen LogP) is 1.59. The van der Waals surface area contributed by atoms with E-state index in [1.807, 2.05) is 6.92 Å². The normalized spacial score (nSPS) is 13.5. The van der Waals surface area contributed by atoms with Crippen LogP contribution in [0.25, 0.3) is 0 Å². The first kappa shape index (κ1) is 12.0. The molecule has 1 aromatic heterocycles. The van der Waals surface area contributed by atoms with Crippen LogP contribution in [0.1, 0.15) is 25.2 Å². The first-order valence-electron chi connectivity index (χ1n) is 4.30. The van der Waals surface area contributed by atoms with E-state index >= 15 is 0 Å². The van der Waals surface area contributed by atoms with Gasteiger partial charge in [-0.3, -0.25) is 0 Å². The highest BCUT2D eigenvalue weighted by Crippen LogP contribution is 2.19. The molecule has 0 spiro atoms. The number of aryl methyl sites for hydroxylation is 1. The molecule has 0 aliphatic rings. The zero-order valence-corrected chi connectivity index (χ0v) is 9.88. The minimum Gasteiger partial charge on any atom is -0.317 e. The fourth-order valence-corrected chi connectivity index (χ4v) is 1.95. The summed E-state index contributed by atoms with van der Waals surface area (Å²) < 4.78 is 23.5. The summed E-state index contributed by atoms with van der Waals surface area (Å²) in [7, 11) is 1.32. The number of halogens is 1. The van der Waals surface area contributed by atoms with Crippen molar-refractivity contribution >= 4 is 19.7 Å². The molecule has 1 atom stereocenters. The third-order valence-corrected chi connectivity index (χ3v) is 3.19. The summed E-state index contributed by atoms with van der Waals surface area (Å²) in [6.45, 7) is 3.47. The summed E-state index contributed by atoms with van der Waals surface area (Å²) >= 11 is 0. The van der Waals surface area contributed by atoms with E-state index in [2.05, 4.69) is 11.1 Å². The van der Waals surface area contributed by atoms with Gasteiger partial charge in [-0.2, -0.15) is 5.26 Å². The van der Waals surface area contributed by atoms with E-state index in [9.17, 15) is 8.42 Å². The Hall–Kier alpha value is -1.06. The second-order valence-electron chi connectivity index (χ2n) is 3.02. The van der Waals surface area contributed by atoms with Gasteiger partial charge in [0.05, 0.1) is 6.07 Å². The lowest BCUT2D eigenvalue weighted by molar-refractivity contribution is 0.579. The molecule has 82 valence electrons. The molecule has 0 radical (unpaired) electrons. The Kier molecular flexibility index (Phi) is 3.37. The fourth-order valence-electron chi connectivity index (χ4n) is 1.24. The van der Waals surface area contributed by atoms with Gasteiger partial charge < -0.3 is 4.57 Å². The van der Waals surface area contributed by atoms with Crippen molar-refractivity contribution in [1.29, 1.82) is 5.26 Å². The summed E-state index contributed by atoms with van der Waals surface area (Å²) in [5.74, 6) is 0.461. The van der Waals surface area contributed by atoms with Crippen LogP contribution in [0.4, 0.5) is 0 Å². The Balaban J connectivity index is 3.25. The third kappa shape index (κ3) is 2.49. The second kappa shape index (κ2) is 4.21. The molecule has 0 aliphatic carbocycles. The van der Waals surface area contributed by atoms with E-state index in [0.717, 1.165) is 0 Å². The van der Waals surface area contributed by atoms with Crippen LogP contribution in [0.15, 0.2) is 11.2 Å². The van der Waals surface area contributed by atoms with E-state index < -0.39 is 15.1 Å². The molecule has 0 aliphatic heterocycles. The van der Waals surface area contributed by atoms with E-state index in [4.69, 9.17) is 15.9 Å². The highest BCUT2D eigenvalue weighted by Gasteiger charge is 2.19. The zero-order valence-electron chi connectivity index (χ0n) is 8.31. The van der Waals surface area contributed by atoms with E-state index in [1.54, 1.807) is 6.92 Å². The van der Waals surface area contributed by atoms with Crippen LogP contribution in [0.3, 0.4) is 0 Å². The Bertz CT molecular complexity index is 500. The van der Waals surface area contributed by atoms with Crippen molar-refractivity contribution in [3.05, 3.63) is 12.0 Å². The average molecular weight is 248 g/mol. The number of nitriles is 1. The molecule has 1 heterocycles. The lowest BCUT2D eigenvalue weighted by Gasteiger charge is -2.08. The highest BCUT2D eigenvalue weighted by molar-refractivity contribution is 8.13. The molecule has 0 fully saturated rings. The van der Waals surface area contributed by atoms with Gasteiger partial charge in [-0.1, -0.05) is 6.92 Å². The van der Waals surface area contributed by atoms with Crippen molar-refractivity contribution in [1.82, 2.24) is 9.55 Å². The SMILES string of the molecule is CCC(C#N)n1cc(S(=O)(=O)Cl)nc1C. The number of hydrogen-bond acceptors (Lipinski definition) is 4. The molecule has 1 aromatic rings. The average Bonchev–Trinajstić information content (AvgIpc) is 2.50. The summed E-state index contributed by atoms with van der Waals surface area (Å²) in [4.78, 5) is 3.79. The number of imidazole rings is 1. The molecule has 0 saturated carbocycles. The molecule has 0 bridgehead atoms. The largest absolute Gasteiger partial charge is 0.317 e. The number of nitrogens with zero attached hydrogens (tertiary/aromatic N) is 3. The zero-order chi connectivity index (χ0) is 11.6. The monoisotopic (exact) mass is 247 g/mol. The van der Waals surface area contributed by atoms with Crippen LogP contribution in [0.5, 0.6) is 0 Å². The van der Waals surface area contributed by atoms with Crippen LogP contribution < -0.4 is 0 Å². The molecule has 5 nitrogen and oxygen atoms in total. The van der Waals surface area contributed by atoms with Gasteiger partial charge in [-0.25, -0.2) is 13.4 Å². The lowest BCUT2D eigenvalue weighted by atomic mass is 10.2. The van der Waals surface area contributed by atoms with Crippen LogP contribution in [-0.2, 0) is 9.05 Å². The van der Waals surface area contributed by atoms with Crippen LogP contribution in [0, 0.1) is 18.3 Å². The summed E-state index contributed by atoms with van der Waals surface area (Å²) in [6.07, 6.45) is 1.87. The first-order valence-corrected chi connectivity index (χ1v) is 6.60. The Labute approximate surface area is 92.7 Å².